The minimum absolute atomic E-state index is 0.00813. The summed E-state index contributed by atoms with van der Waals surface area (Å²) < 4.78 is 27.3. The van der Waals surface area contributed by atoms with Crippen LogP contribution in [0.15, 0.2) is 29.8 Å². The Labute approximate surface area is 121 Å². The number of rotatable bonds is 2. The maximum absolute atomic E-state index is 13.6. The summed E-state index contributed by atoms with van der Waals surface area (Å²) in [5, 5.41) is 0. The number of Topliss-reactive ketones (excluding diaryl/α,β-unsaturated/α-hetero) is 1. The number of carbonyl (C=O) groups excluding carboxylic acids is 2. The summed E-state index contributed by atoms with van der Waals surface area (Å²) in [4.78, 5) is 24.5. The van der Waals surface area contributed by atoms with Gasteiger partial charge in [0.25, 0.3) is 0 Å². The Morgan fingerprint density at radius 1 is 1.19 bits per heavy atom. The van der Waals surface area contributed by atoms with Crippen LogP contribution in [-0.4, -0.2) is 11.6 Å². The molecule has 0 heterocycles. The molecule has 2 fully saturated rings. The van der Waals surface area contributed by atoms with Gasteiger partial charge in [-0.2, -0.15) is 0 Å². The second kappa shape index (κ2) is 4.58. The molecule has 0 saturated heterocycles. The van der Waals surface area contributed by atoms with Crippen LogP contribution >= 0.6 is 0 Å². The molecule has 1 aromatic rings. The Morgan fingerprint density at radius 2 is 1.76 bits per heavy atom. The van der Waals surface area contributed by atoms with E-state index < -0.39 is 23.0 Å². The van der Waals surface area contributed by atoms with Crippen LogP contribution in [0.5, 0.6) is 0 Å². The molecule has 2 nitrogen and oxygen atoms in total. The van der Waals surface area contributed by atoms with Gasteiger partial charge in [-0.05, 0) is 42.4 Å². The van der Waals surface area contributed by atoms with Crippen LogP contribution in [0.25, 0.3) is 0 Å². The molecule has 0 radical (unpaired) electrons. The van der Waals surface area contributed by atoms with E-state index in [-0.39, 0.29) is 23.0 Å². The number of hydrogen-bond donors (Lipinski definition) is 0. The fraction of sp³-hybridized carbons (Fsp3) is 0.412. The molecule has 2 aliphatic rings. The van der Waals surface area contributed by atoms with Crippen LogP contribution in [0.2, 0.25) is 0 Å². The first-order valence-electron chi connectivity index (χ1n) is 7.08. The van der Waals surface area contributed by atoms with E-state index in [9.17, 15) is 18.4 Å². The van der Waals surface area contributed by atoms with E-state index in [1.165, 1.54) is 6.07 Å². The van der Waals surface area contributed by atoms with Crippen molar-refractivity contribution in [2.45, 2.75) is 26.7 Å². The van der Waals surface area contributed by atoms with Crippen LogP contribution in [-0.2, 0) is 4.79 Å². The third-order valence-corrected chi connectivity index (χ3v) is 5.01. The van der Waals surface area contributed by atoms with Gasteiger partial charge < -0.3 is 0 Å². The SMILES string of the molecule is CC1(C)C2CC[C@H]1C(=O)C2=CC(=O)c1c(F)cccc1F. The quantitative estimate of drug-likeness (QED) is 0.614. The van der Waals surface area contributed by atoms with Gasteiger partial charge in [-0.1, -0.05) is 19.9 Å². The summed E-state index contributed by atoms with van der Waals surface area (Å²) in [5.41, 5.74) is -0.320. The zero-order chi connectivity index (χ0) is 15.4. The first kappa shape index (κ1) is 14.1. The summed E-state index contributed by atoms with van der Waals surface area (Å²) >= 11 is 0. The smallest absolute Gasteiger partial charge is 0.192 e. The zero-order valence-corrected chi connectivity index (χ0v) is 12.0. The van der Waals surface area contributed by atoms with Crippen LogP contribution in [0.3, 0.4) is 0 Å². The molecule has 2 saturated carbocycles. The molecular weight excluding hydrogens is 274 g/mol. The second-order valence-electron chi connectivity index (χ2n) is 6.43. The molecule has 0 N–H and O–H groups in total. The van der Waals surface area contributed by atoms with Gasteiger partial charge in [-0.25, -0.2) is 8.78 Å². The van der Waals surface area contributed by atoms with Crippen molar-refractivity contribution < 1.29 is 18.4 Å². The number of hydrogen-bond acceptors (Lipinski definition) is 2. The van der Waals surface area contributed by atoms with Gasteiger partial charge in [0.05, 0.1) is 5.56 Å². The summed E-state index contributed by atoms with van der Waals surface area (Å²) in [6, 6.07) is 3.29. The molecule has 3 rings (SSSR count). The Bertz CT molecular complexity index is 653. The fourth-order valence-corrected chi connectivity index (χ4v) is 3.84. The third-order valence-electron chi connectivity index (χ3n) is 5.01. The maximum Gasteiger partial charge on any atom is 0.192 e. The molecule has 110 valence electrons. The molecule has 1 unspecified atom stereocenters. The van der Waals surface area contributed by atoms with Gasteiger partial charge in [0.2, 0.25) is 0 Å². The minimum Gasteiger partial charge on any atom is -0.294 e. The number of allylic oxidation sites excluding steroid dienone is 2. The summed E-state index contributed by atoms with van der Waals surface area (Å²) in [6.07, 6.45) is 2.83. The highest BCUT2D eigenvalue weighted by atomic mass is 19.1. The average Bonchev–Trinajstić information content (AvgIpc) is 2.77. The Hall–Kier alpha value is -1.84. The van der Waals surface area contributed by atoms with E-state index in [0.717, 1.165) is 31.1 Å². The predicted octanol–water partition coefficient (Wildman–Crippen LogP) is 3.71. The Balaban J connectivity index is 2.00. The number of ketones is 2. The standard InChI is InChI=1S/C17H16F2O2/c1-17(2)10-6-7-11(17)16(21)9(10)8-14(20)15-12(18)4-3-5-13(15)19/h3-5,8,10-11H,6-7H2,1-2H3/t10?,11-/m0/s1. The number of fused-ring (bicyclic) bond motifs is 2. The molecule has 2 bridgehead atoms. The molecule has 0 aliphatic heterocycles. The van der Waals surface area contributed by atoms with Gasteiger partial charge in [-0.3, -0.25) is 9.59 Å². The van der Waals surface area contributed by atoms with Crippen molar-refractivity contribution in [3.05, 3.63) is 47.0 Å². The highest BCUT2D eigenvalue weighted by Crippen LogP contribution is 2.58. The highest BCUT2D eigenvalue weighted by Gasteiger charge is 2.56. The number of carbonyl (C=O) groups is 2. The van der Waals surface area contributed by atoms with E-state index in [0.29, 0.717) is 5.57 Å². The largest absolute Gasteiger partial charge is 0.294 e. The summed E-state index contributed by atoms with van der Waals surface area (Å²) in [5.74, 6) is -2.67. The van der Waals surface area contributed by atoms with Crippen molar-refractivity contribution in [1.29, 1.82) is 0 Å². The highest BCUT2D eigenvalue weighted by molar-refractivity contribution is 6.12. The fourth-order valence-electron chi connectivity index (χ4n) is 3.84. The van der Waals surface area contributed by atoms with Gasteiger partial charge in [0, 0.05) is 11.5 Å². The van der Waals surface area contributed by atoms with E-state index in [1.807, 2.05) is 13.8 Å². The predicted molar refractivity (Wildman–Crippen MR) is 73.8 cm³/mol. The third kappa shape index (κ3) is 1.96. The molecule has 4 heteroatoms. The van der Waals surface area contributed by atoms with E-state index in [1.54, 1.807) is 0 Å². The molecular formula is C17H16F2O2. The molecule has 0 spiro atoms. The van der Waals surface area contributed by atoms with Gasteiger partial charge >= 0.3 is 0 Å². The van der Waals surface area contributed by atoms with Gasteiger partial charge in [0.15, 0.2) is 11.6 Å². The molecule has 0 aromatic heterocycles. The number of halogens is 2. The first-order chi connectivity index (χ1) is 9.84. The molecule has 2 atom stereocenters. The van der Waals surface area contributed by atoms with E-state index in [2.05, 4.69) is 0 Å². The molecule has 2 aliphatic carbocycles. The second-order valence-corrected chi connectivity index (χ2v) is 6.43. The van der Waals surface area contributed by atoms with E-state index >= 15 is 0 Å². The lowest BCUT2D eigenvalue weighted by atomic mass is 9.81. The monoisotopic (exact) mass is 290 g/mol. The van der Waals surface area contributed by atoms with Crippen LogP contribution in [0.1, 0.15) is 37.0 Å². The van der Waals surface area contributed by atoms with Crippen molar-refractivity contribution >= 4 is 11.6 Å². The summed E-state index contributed by atoms with van der Waals surface area (Å²) in [6.45, 7) is 4.03. The van der Waals surface area contributed by atoms with Crippen molar-refractivity contribution in [3.63, 3.8) is 0 Å². The van der Waals surface area contributed by atoms with Gasteiger partial charge in [0.1, 0.15) is 11.6 Å². The van der Waals surface area contributed by atoms with Crippen molar-refractivity contribution in [1.82, 2.24) is 0 Å². The normalized spacial score (nSPS) is 28.4. The van der Waals surface area contributed by atoms with Crippen molar-refractivity contribution in [2.24, 2.45) is 17.3 Å². The lowest BCUT2D eigenvalue weighted by molar-refractivity contribution is -0.119. The van der Waals surface area contributed by atoms with Crippen LogP contribution in [0, 0.1) is 28.9 Å². The first-order valence-corrected chi connectivity index (χ1v) is 7.08. The van der Waals surface area contributed by atoms with Crippen LogP contribution in [0.4, 0.5) is 8.78 Å². The topological polar surface area (TPSA) is 34.1 Å². The molecule has 1 aromatic carbocycles. The number of benzene rings is 1. The van der Waals surface area contributed by atoms with Crippen molar-refractivity contribution in [2.75, 3.05) is 0 Å². The minimum atomic E-state index is -0.897. The lowest BCUT2D eigenvalue weighted by Crippen LogP contribution is -2.19. The maximum atomic E-state index is 13.6. The summed E-state index contributed by atoms with van der Waals surface area (Å²) in [7, 11) is 0. The Kier molecular flexibility index (Phi) is 3.08. The molecule has 21 heavy (non-hydrogen) atoms. The average molecular weight is 290 g/mol. The lowest BCUT2D eigenvalue weighted by Gasteiger charge is -2.22. The zero-order valence-electron chi connectivity index (χ0n) is 12.0. The Morgan fingerprint density at radius 3 is 2.29 bits per heavy atom. The van der Waals surface area contributed by atoms with Crippen LogP contribution < -0.4 is 0 Å². The van der Waals surface area contributed by atoms with E-state index in [4.69, 9.17) is 0 Å². The van der Waals surface area contributed by atoms with Gasteiger partial charge in [-0.15, -0.1) is 0 Å². The van der Waals surface area contributed by atoms with Crippen molar-refractivity contribution in [3.8, 4) is 0 Å². The molecule has 0 amide bonds.